The van der Waals surface area contributed by atoms with Gasteiger partial charge in [-0.05, 0) is 42.5 Å². The highest BCUT2D eigenvalue weighted by Crippen LogP contribution is 2.48. The first-order valence-corrected chi connectivity index (χ1v) is 9.13. The van der Waals surface area contributed by atoms with Crippen LogP contribution in [0.25, 0.3) is 0 Å². The molecule has 4 rings (SSSR count). The first-order valence-electron chi connectivity index (χ1n) is 8.75. The summed E-state index contributed by atoms with van der Waals surface area (Å²) in [6.07, 6.45) is 4.82. The van der Waals surface area contributed by atoms with E-state index in [9.17, 15) is 14.7 Å². The minimum atomic E-state index is -0.838. The summed E-state index contributed by atoms with van der Waals surface area (Å²) < 4.78 is 0. The summed E-state index contributed by atoms with van der Waals surface area (Å²) in [6, 6.07) is 7.71. The van der Waals surface area contributed by atoms with E-state index in [1.807, 2.05) is 41.3 Å². The van der Waals surface area contributed by atoms with Gasteiger partial charge < -0.3 is 14.9 Å². The lowest BCUT2D eigenvalue weighted by Gasteiger charge is -2.38. The number of carbonyl (C=O) groups excluding carboxylic acids is 1. The standard InChI is InChI=1S/C19H21ClN2O3/c20-14-3-5-15(6-4-14)21-7-9-22(10-8-21)18(23)16-12-1-2-13(11-12)17(16)19(24)25/h1-6,12-13,16-17H,7-11H2,(H,24,25)/t12-,13+,16-,17+/m1/s1. The monoisotopic (exact) mass is 360 g/mol. The van der Waals surface area contributed by atoms with Gasteiger partial charge >= 0.3 is 5.97 Å². The van der Waals surface area contributed by atoms with Gasteiger partial charge in [0.25, 0.3) is 0 Å². The third-order valence-corrected chi connectivity index (χ3v) is 6.06. The van der Waals surface area contributed by atoms with E-state index in [4.69, 9.17) is 11.6 Å². The maximum Gasteiger partial charge on any atom is 0.307 e. The number of anilines is 1. The summed E-state index contributed by atoms with van der Waals surface area (Å²) in [5.41, 5.74) is 1.10. The van der Waals surface area contributed by atoms with E-state index in [0.29, 0.717) is 18.1 Å². The van der Waals surface area contributed by atoms with Crippen LogP contribution in [0.15, 0.2) is 36.4 Å². The Morgan fingerprint density at radius 2 is 1.56 bits per heavy atom. The minimum Gasteiger partial charge on any atom is -0.481 e. The van der Waals surface area contributed by atoms with Crippen LogP contribution < -0.4 is 4.90 Å². The number of hydrogen-bond donors (Lipinski definition) is 1. The quantitative estimate of drug-likeness (QED) is 0.841. The van der Waals surface area contributed by atoms with E-state index in [0.717, 1.165) is 25.2 Å². The Labute approximate surface area is 151 Å². The normalized spacial score (nSPS) is 30.8. The van der Waals surface area contributed by atoms with E-state index >= 15 is 0 Å². The van der Waals surface area contributed by atoms with Gasteiger partial charge in [0, 0.05) is 36.9 Å². The summed E-state index contributed by atoms with van der Waals surface area (Å²) in [4.78, 5) is 28.7. The molecule has 4 atom stereocenters. The fraction of sp³-hybridized carbons (Fsp3) is 0.474. The lowest BCUT2D eigenvalue weighted by molar-refractivity contribution is -0.151. The highest BCUT2D eigenvalue weighted by molar-refractivity contribution is 6.30. The molecule has 1 aliphatic heterocycles. The maximum absolute atomic E-state index is 13.0. The molecular formula is C19H21ClN2O3. The largest absolute Gasteiger partial charge is 0.481 e. The van der Waals surface area contributed by atoms with Crippen LogP contribution in [0.5, 0.6) is 0 Å². The highest BCUT2D eigenvalue weighted by Gasteiger charge is 2.52. The highest BCUT2D eigenvalue weighted by atomic mass is 35.5. The summed E-state index contributed by atoms with van der Waals surface area (Å²) in [5, 5.41) is 10.3. The van der Waals surface area contributed by atoms with Crippen LogP contribution in [-0.4, -0.2) is 48.1 Å². The van der Waals surface area contributed by atoms with Crippen molar-refractivity contribution in [1.82, 2.24) is 4.90 Å². The van der Waals surface area contributed by atoms with Crippen LogP contribution in [-0.2, 0) is 9.59 Å². The fourth-order valence-electron chi connectivity index (χ4n) is 4.54. The molecule has 1 aromatic rings. The summed E-state index contributed by atoms with van der Waals surface area (Å²) in [6.45, 7) is 2.76. The number of benzene rings is 1. The number of nitrogens with zero attached hydrogens (tertiary/aromatic N) is 2. The molecule has 0 aromatic heterocycles. The van der Waals surface area contributed by atoms with Crippen molar-refractivity contribution < 1.29 is 14.7 Å². The molecule has 0 radical (unpaired) electrons. The smallest absolute Gasteiger partial charge is 0.307 e. The molecule has 2 bridgehead atoms. The second kappa shape index (κ2) is 6.37. The first-order chi connectivity index (χ1) is 12.0. The summed E-state index contributed by atoms with van der Waals surface area (Å²) >= 11 is 5.93. The Bertz CT molecular complexity index is 710. The van der Waals surface area contributed by atoms with Crippen LogP contribution in [0, 0.1) is 23.7 Å². The predicted molar refractivity (Wildman–Crippen MR) is 95.6 cm³/mol. The minimum absolute atomic E-state index is 0.0139. The Morgan fingerprint density at radius 3 is 2.16 bits per heavy atom. The topological polar surface area (TPSA) is 60.9 Å². The van der Waals surface area contributed by atoms with Crippen molar-refractivity contribution in [2.24, 2.45) is 23.7 Å². The first kappa shape index (κ1) is 16.5. The third-order valence-electron chi connectivity index (χ3n) is 5.81. The van der Waals surface area contributed by atoms with Gasteiger partial charge in [-0.3, -0.25) is 9.59 Å². The van der Waals surface area contributed by atoms with Crippen LogP contribution >= 0.6 is 11.6 Å². The molecule has 1 aromatic carbocycles. The number of allylic oxidation sites excluding steroid dienone is 2. The molecule has 132 valence electrons. The number of amides is 1. The molecule has 2 aliphatic carbocycles. The van der Waals surface area contributed by atoms with Crippen molar-refractivity contribution in [3.63, 3.8) is 0 Å². The molecule has 5 nitrogen and oxygen atoms in total. The van der Waals surface area contributed by atoms with Crippen molar-refractivity contribution in [3.8, 4) is 0 Å². The van der Waals surface area contributed by atoms with Crippen LogP contribution in [0.2, 0.25) is 5.02 Å². The Morgan fingerprint density at radius 1 is 0.960 bits per heavy atom. The number of rotatable bonds is 3. The van der Waals surface area contributed by atoms with E-state index < -0.39 is 17.8 Å². The van der Waals surface area contributed by atoms with Crippen molar-refractivity contribution in [1.29, 1.82) is 0 Å². The van der Waals surface area contributed by atoms with Crippen LogP contribution in [0.1, 0.15) is 6.42 Å². The molecule has 25 heavy (non-hydrogen) atoms. The van der Waals surface area contributed by atoms with Gasteiger partial charge in [0.1, 0.15) is 0 Å². The molecule has 1 saturated carbocycles. The molecule has 3 aliphatic rings. The lowest BCUT2D eigenvalue weighted by atomic mass is 9.82. The van der Waals surface area contributed by atoms with Gasteiger partial charge in [-0.15, -0.1) is 0 Å². The second-order valence-corrected chi connectivity index (χ2v) is 7.56. The Kier molecular flexibility index (Phi) is 4.20. The molecule has 0 spiro atoms. The molecular weight excluding hydrogens is 340 g/mol. The van der Waals surface area contributed by atoms with Gasteiger partial charge in [0.05, 0.1) is 11.8 Å². The number of carboxylic acids is 1. The number of carboxylic acid groups (broad SMARTS) is 1. The second-order valence-electron chi connectivity index (χ2n) is 7.13. The predicted octanol–water partition coefficient (Wildman–Crippen LogP) is 2.51. The van der Waals surface area contributed by atoms with Gasteiger partial charge in [-0.2, -0.15) is 0 Å². The number of fused-ring (bicyclic) bond motifs is 2. The van der Waals surface area contributed by atoms with E-state index in [2.05, 4.69) is 4.90 Å². The van der Waals surface area contributed by atoms with Crippen LogP contribution in [0.4, 0.5) is 5.69 Å². The van der Waals surface area contributed by atoms with Gasteiger partial charge in [0.2, 0.25) is 5.91 Å². The SMILES string of the molecule is O=C(O)[C@@H]1[C@H](C(=O)N2CCN(c3ccc(Cl)cc3)CC2)[C@@H]2C=C[C@H]1C2. The molecule has 1 saturated heterocycles. The molecule has 1 heterocycles. The van der Waals surface area contributed by atoms with Crippen molar-refractivity contribution in [2.45, 2.75) is 6.42 Å². The Balaban J connectivity index is 1.42. The zero-order valence-electron chi connectivity index (χ0n) is 13.8. The molecule has 2 fully saturated rings. The van der Waals surface area contributed by atoms with E-state index in [1.165, 1.54) is 0 Å². The fourth-order valence-corrected chi connectivity index (χ4v) is 4.67. The third kappa shape index (κ3) is 2.91. The van der Waals surface area contributed by atoms with E-state index in [1.54, 1.807) is 0 Å². The summed E-state index contributed by atoms with van der Waals surface area (Å²) in [5.74, 6) is -1.67. The number of carbonyl (C=O) groups is 2. The van der Waals surface area contributed by atoms with Crippen molar-refractivity contribution in [3.05, 3.63) is 41.4 Å². The number of halogens is 1. The van der Waals surface area contributed by atoms with Crippen LogP contribution in [0.3, 0.4) is 0 Å². The zero-order valence-corrected chi connectivity index (χ0v) is 14.6. The average Bonchev–Trinajstić information content (AvgIpc) is 3.23. The Hall–Kier alpha value is -2.01. The number of aliphatic carboxylic acids is 1. The van der Waals surface area contributed by atoms with Gasteiger partial charge in [-0.25, -0.2) is 0 Å². The molecule has 6 heteroatoms. The van der Waals surface area contributed by atoms with Crippen molar-refractivity contribution >= 4 is 29.2 Å². The van der Waals surface area contributed by atoms with E-state index in [-0.39, 0.29) is 17.7 Å². The number of hydrogen-bond acceptors (Lipinski definition) is 3. The zero-order chi connectivity index (χ0) is 17.6. The summed E-state index contributed by atoms with van der Waals surface area (Å²) in [7, 11) is 0. The number of piperazine rings is 1. The van der Waals surface area contributed by atoms with Gasteiger partial charge in [0.15, 0.2) is 0 Å². The molecule has 1 amide bonds. The van der Waals surface area contributed by atoms with Gasteiger partial charge in [-0.1, -0.05) is 23.8 Å². The average molecular weight is 361 g/mol. The van der Waals surface area contributed by atoms with Crippen molar-refractivity contribution in [2.75, 3.05) is 31.1 Å². The molecule has 1 N–H and O–H groups in total. The molecule has 0 unspecified atom stereocenters. The lowest BCUT2D eigenvalue weighted by Crippen LogP contribution is -2.52. The maximum atomic E-state index is 13.0.